The molecule has 0 bridgehead atoms. The molecule has 25 heavy (non-hydrogen) atoms. The van der Waals surface area contributed by atoms with E-state index in [9.17, 15) is 4.79 Å². The van der Waals surface area contributed by atoms with E-state index < -0.39 is 0 Å². The van der Waals surface area contributed by atoms with E-state index in [1.807, 2.05) is 66.9 Å². The highest BCUT2D eigenvalue weighted by molar-refractivity contribution is 14.1. The molecule has 0 unspecified atom stereocenters. The number of nitrogens with zero attached hydrogens (tertiary/aromatic N) is 3. The van der Waals surface area contributed by atoms with Gasteiger partial charge in [-0.05, 0) is 72.3 Å². The quantitative estimate of drug-likeness (QED) is 0.454. The zero-order valence-corrected chi connectivity index (χ0v) is 16.8. The lowest BCUT2D eigenvalue weighted by Gasteiger charge is -2.11. The fourth-order valence-electron chi connectivity index (χ4n) is 2.39. The number of nitrogens with one attached hydrogen (secondary N) is 1. The van der Waals surface area contributed by atoms with Crippen LogP contribution in [0.5, 0.6) is 0 Å². The first kappa shape index (κ1) is 17.9. The van der Waals surface area contributed by atoms with Crippen LogP contribution in [0, 0.1) is 17.4 Å². The largest absolute Gasteiger partial charge is 0.325 e. The van der Waals surface area contributed by atoms with Gasteiger partial charge in [0, 0.05) is 9.26 Å². The van der Waals surface area contributed by atoms with E-state index in [4.69, 9.17) is 0 Å². The van der Waals surface area contributed by atoms with E-state index in [0.717, 1.165) is 26.3 Å². The number of para-hydroxylation sites is 1. The maximum Gasteiger partial charge on any atom is 0.234 e. The molecule has 1 N–H and O–H groups in total. The van der Waals surface area contributed by atoms with Gasteiger partial charge in [0.05, 0.1) is 11.4 Å². The molecule has 2 aromatic carbocycles. The molecular weight excluding hydrogens is 447 g/mol. The molecule has 0 aliphatic heterocycles. The summed E-state index contributed by atoms with van der Waals surface area (Å²) in [5, 5.41) is 12.0. The van der Waals surface area contributed by atoms with Crippen LogP contribution in [0.1, 0.15) is 11.4 Å². The summed E-state index contributed by atoms with van der Waals surface area (Å²) in [6, 6.07) is 15.8. The molecule has 0 fully saturated rings. The van der Waals surface area contributed by atoms with Crippen molar-refractivity contribution in [2.45, 2.75) is 19.0 Å². The number of hydrogen-bond donors (Lipinski definition) is 1. The summed E-state index contributed by atoms with van der Waals surface area (Å²) >= 11 is 3.61. The Morgan fingerprint density at radius 2 is 1.84 bits per heavy atom. The molecule has 3 aromatic rings. The maximum absolute atomic E-state index is 12.2. The molecule has 1 heterocycles. The van der Waals surface area contributed by atoms with Gasteiger partial charge in [0.2, 0.25) is 5.91 Å². The molecule has 1 aromatic heterocycles. The third kappa shape index (κ3) is 4.40. The Hall–Kier alpha value is -1.87. The number of carbonyl (C=O) groups excluding carboxylic acids is 1. The number of carbonyl (C=O) groups is 1. The van der Waals surface area contributed by atoms with Gasteiger partial charge in [-0.3, -0.25) is 9.36 Å². The van der Waals surface area contributed by atoms with Crippen LogP contribution in [-0.2, 0) is 4.79 Å². The Kier molecular flexibility index (Phi) is 5.74. The fraction of sp³-hybridized carbons (Fsp3) is 0.167. The Morgan fingerprint density at radius 3 is 2.56 bits per heavy atom. The van der Waals surface area contributed by atoms with Crippen molar-refractivity contribution in [3.8, 4) is 5.69 Å². The van der Waals surface area contributed by atoms with Crippen molar-refractivity contribution in [3.63, 3.8) is 0 Å². The van der Waals surface area contributed by atoms with Crippen molar-refractivity contribution in [1.29, 1.82) is 0 Å². The van der Waals surface area contributed by atoms with Gasteiger partial charge >= 0.3 is 0 Å². The monoisotopic (exact) mass is 464 g/mol. The Balaban J connectivity index is 1.71. The van der Waals surface area contributed by atoms with Crippen LogP contribution < -0.4 is 5.32 Å². The van der Waals surface area contributed by atoms with Gasteiger partial charge in [-0.25, -0.2) is 0 Å². The highest BCUT2D eigenvalue weighted by Crippen LogP contribution is 2.24. The normalized spacial score (nSPS) is 10.7. The molecule has 0 atom stereocenters. The smallest absolute Gasteiger partial charge is 0.234 e. The van der Waals surface area contributed by atoms with Crippen molar-refractivity contribution in [1.82, 2.24) is 14.8 Å². The van der Waals surface area contributed by atoms with Gasteiger partial charge in [-0.15, -0.1) is 10.2 Å². The number of aromatic nitrogens is 3. The van der Waals surface area contributed by atoms with Crippen molar-refractivity contribution >= 4 is 45.9 Å². The SMILES string of the molecule is Cc1ccccc1-n1c(C)nnc1SCC(=O)Nc1ccc(I)cc1. The maximum atomic E-state index is 12.2. The van der Waals surface area contributed by atoms with Gasteiger partial charge in [-0.1, -0.05) is 30.0 Å². The minimum Gasteiger partial charge on any atom is -0.325 e. The molecule has 0 saturated carbocycles. The molecule has 128 valence electrons. The van der Waals surface area contributed by atoms with Crippen LogP contribution in [0.2, 0.25) is 0 Å². The van der Waals surface area contributed by atoms with E-state index >= 15 is 0 Å². The van der Waals surface area contributed by atoms with E-state index in [0.29, 0.717) is 5.16 Å². The zero-order valence-electron chi connectivity index (χ0n) is 13.9. The summed E-state index contributed by atoms with van der Waals surface area (Å²) in [6.45, 7) is 3.96. The lowest BCUT2D eigenvalue weighted by Crippen LogP contribution is -2.14. The van der Waals surface area contributed by atoms with Crippen LogP contribution in [0.4, 0.5) is 5.69 Å². The first-order valence-electron chi connectivity index (χ1n) is 7.71. The van der Waals surface area contributed by atoms with E-state index in [-0.39, 0.29) is 11.7 Å². The Morgan fingerprint density at radius 1 is 1.12 bits per heavy atom. The van der Waals surface area contributed by atoms with E-state index in [1.54, 1.807) is 0 Å². The number of rotatable bonds is 5. The molecule has 0 saturated heterocycles. The van der Waals surface area contributed by atoms with Crippen molar-refractivity contribution in [2.24, 2.45) is 0 Å². The summed E-state index contributed by atoms with van der Waals surface area (Å²) in [7, 11) is 0. The summed E-state index contributed by atoms with van der Waals surface area (Å²) in [5.74, 6) is 1.01. The lowest BCUT2D eigenvalue weighted by atomic mass is 10.2. The molecule has 0 aliphatic rings. The number of thioether (sulfide) groups is 1. The first-order chi connectivity index (χ1) is 12.0. The second kappa shape index (κ2) is 8.01. The Labute approximate surface area is 164 Å². The average molecular weight is 464 g/mol. The molecule has 0 radical (unpaired) electrons. The second-order valence-corrected chi connectivity index (χ2v) is 7.68. The van der Waals surface area contributed by atoms with Crippen LogP contribution in [-0.4, -0.2) is 26.4 Å². The van der Waals surface area contributed by atoms with E-state index in [1.165, 1.54) is 11.8 Å². The number of aryl methyl sites for hydroxylation is 2. The Bertz CT molecular complexity index is 892. The van der Waals surface area contributed by atoms with Gasteiger partial charge in [-0.2, -0.15) is 0 Å². The number of hydrogen-bond acceptors (Lipinski definition) is 4. The topological polar surface area (TPSA) is 59.8 Å². The molecule has 0 spiro atoms. The highest BCUT2D eigenvalue weighted by Gasteiger charge is 2.14. The zero-order chi connectivity index (χ0) is 17.8. The summed E-state index contributed by atoms with van der Waals surface area (Å²) in [6.07, 6.45) is 0. The molecule has 5 nitrogen and oxygen atoms in total. The van der Waals surface area contributed by atoms with Crippen molar-refractivity contribution in [2.75, 3.05) is 11.1 Å². The molecule has 3 rings (SSSR count). The molecule has 1 amide bonds. The summed E-state index contributed by atoms with van der Waals surface area (Å²) < 4.78 is 3.12. The molecular formula is C18H17IN4OS. The average Bonchev–Trinajstić information content (AvgIpc) is 2.96. The summed E-state index contributed by atoms with van der Waals surface area (Å²) in [4.78, 5) is 12.2. The van der Waals surface area contributed by atoms with Gasteiger partial charge in [0.15, 0.2) is 5.16 Å². The number of anilines is 1. The molecule has 7 heteroatoms. The van der Waals surface area contributed by atoms with Crippen LogP contribution in [0.15, 0.2) is 53.7 Å². The highest BCUT2D eigenvalue weighted by atomic mass is 127. The standard InChI is InChI=1S/C18H17IN4OS/c1-12-5-3-4-6-16(12)23-13(2)21-22-18(23)25-11-17(24)20-15-9-7-14(19)8-10-15/h3-10H,11H2,1-2H3,(H,20,24). The van der Waals surface area contributed by atoms with Crippen molar-refractivity contribution < 1.29 is 4.79 Å². The number of amides is 1. The van der Waals surface area contributed by atoms with E-state index in [2.05, 4.69) is 38.1 Å². The van der Waals surface area contributed by atoms with Gasteiger partial charge in [0.1, 0.15) is 5.82 Å². The third-order valence-corrected chi connectivity index (χ3v) is 5.26. The predicted molar refractivity (Wildman–Crippen MR) is 109 cm³/mol. The minimum absolute atomic E-state index is 0.0665. The number of benzene rings is 2. The van der Waals surface area contributed by atoms with Crippen LogP contribution in [0.3, 0.4) is 0 Å². The van der Waals surface area contributed by atoms with Gasteiger partial charge in [0.25, 0.3) is 0 Å². The van der Waals surface area contributed by atoms with Crippen molar-refractivity contribution in [3.05, 3.63) is 63.5 Å². The third-order valence-electron chi connectivity index (χ3n) is 3.61. The summed E-state index contributed by atoms with van der Waals surface area (Å²) in [5.41, 5.74) is 2.96. The lowest BCUT2D eigenvalue weighted by molar-refractivity contribution is -0.113. The number of halogens is 1. The van der Waals surface area contributed by atoms with Crippen LogP contribution >= 0.6 is 34.4 Å². The van der Waals surface area contributed by atoms with Gasteiger partial charge < -0.3 is 5.32 Å². The minimum atomic E-state index is -0.0665. The van der Waals surface area contributed by atoms with Crippen LogP contribution in [0.25, 0.3) is 5.69 Å². The predicted octanol–water partition coefficient (Wildman–Crippen LogP) is 4.22. The fourth-order valence-corrected chi connectivity index (χ4v) is 3.54. The second-order valence-electron chi connectivity index (χ2n) is 5.50. The first-order valence-corrected chi connectivity index (χ1v) is 9.77. The molecule has 0 aliphatic carbocycles.